The Morgan fingerprint density at radius 3 is 2.43 bits per heavy atom. The molecular formula is C17H22N2O2. The summed E-state index contributed by atoms with van der Waals surface area (Å²) < 4.78 is 0. The van der Waals surface area contributed by atoms with Gasteiger partial charge >= 0.3 is 0 Å². The van der Waals surface area contributed by atoms with Gasteiger partial charge in [-0.05, 0) is 37.5 Å². The van der Waals surface area contributed by atoms with Crippen LogP contribution in [0.4, 0.5) is 5.69 Å². The molecule has 112 valence electrons. The van der Waals surface area contributed by atoms with Crippen LogP contribution in [0.1, 0.15) is 18.4 Å². The van der Waals surface area contributed by atoms with Crippen molar-refractivity contribution in [3.63, 3.8) is 0 Å². The lowest BCUT2D eigenvalue weighted by Gasteiger charge is -2.28. The fourth-order valence-corrected chi connectivity index (χ4v) is 2.67. The molecule has 2 rings (SSSR count). The molecule has 0 spiro atoms. The minimum atomic E-state index is -0.301. The van der Waals surface area contributed by atoms with Crippen molar-refractivity contribution >= 4 is 17.5 Å². The molecule has 2 amide bonds. The van der Waals surface area contributed by atoms with E-state index in [-0.39, 0.29) is 23.7 Å². The normalized spacial score (nSPS) is 20.9. The zero-order valence-corrected chi connectivity index (χ0v) is 12.8. The molecule has 21 heavy (non-hydrogen) atoms. The number of nitrogens with one attached hydrogen (secondary N) is 1. The van der Waals surface area contributed by atoms with Crippen molar-refractivity contribution in [2.75, 3.05) is 19.4 Å². The van der Waals surface area contributed by atoms with Crippen LogP contribution in [0.25, 0.3) is 0 Å². The average Bonchev–Trinajstić information content (AvgIpc) is 2.46. The van der Waals surface area contributed by atoms with Crippen molar-refractivity contribution < 1.29 is 9.59 Å². The number of aryl methyl sites for hydroxylation is 1. The number of allylic oxidation sites excluding steroid dienone is 2. The Balaban J connectivity index is 2.12. The molecule has 4 nitrogen and oxygen atoms in total. The average molecular weight is 286 g/mol. The summed E-state index contributed by atoms with van der Waals surface area (Å²) >= 11 is 0. The summed E-state index contributed by atoms with van der Waals surface area (Å²) in [5, 5.41) is 2.93. The van der Waals surface area contributed by atoms with Gasteiger partial charge in [0.2, 0.25) is 11.8 Å². The molecular weight excluding hydrogens is 264 g/mol. The quantitative estimate of drug-likeness (QED) is 0.868. The van der Waals surface area contributed by atoms with Crippen molar-refractivity contribution in [3.8, 4) is 0 Å². The van der Waals surface area contributed by atoms with E-state index in [0.717, 1.165) is 11.3 Å². The van der Waals surface area contributed by atoms with Crippen molar-refractivity contribution in [1.82, 2.24) is 4.90 Å². The standard InChI is InChI=1S/C17H22N2O2/c1-12-7-6-8-13(11-12)18-16(20)14-9-4-5-10-15(14)17(21)19(2)3/h4-8,11,14-15H,9-10H2,1-3H3,(H,18,20). The number of anilines is 1. The Hall–Kier alpha value is -2.10. The van der Waals surface area contributed by atoms with Crippen LogP contribution in [-0.2, 0) is 9.59 Å². The lowest BCUT2D eigenvalue weighted by Crippen LogP contribution is -2.40. The van der Waals surface area contributed by atoms with Crippen LogP contribution in [0.2, 0.25) is 0 Å². The Morgan fingerprint density at radius 1 is 1.14 bits per heavy atom. The highest BCUT2D eigenvalue weighted by Crippen LogP contribution is 2.28. The van der Waals surface area contributed by atoms with Gasteiger partial charge in [-0.2, -0.15) is 0 Å². The molecule has 0 aromatic heterocycles. The van der Waals surface area contributed by atoms with E-state index in [4.69, 9.17) is 0 Å². The van der Waals surface area contributed by atoms with E-state index >= 15 is 0 Å². The minimum absolute atomic E-state index is 0.0174. The summed E-state index contributed by atoms with van der Waals surface area (Å²) in [6.07, 6.45) is 5.22. The molecule has 0 aliphatic heterocycles. The lowest BCUT2D eigenvalue weighted by molar-refractivity contribution is -0.138. The van der Waals surface area contributed by atoms with Gasteiger partial charge in [0.05, 0.1) is 11.8 Å². The predicted octanol–water partition coefficient (Wildman–Crippen LogP) is 2.60. The van der Waals surface area contributed by atoms with Gasteiger partial charge in [-0.1, -0.05) is 24.3 Å². The molecule has 0 fully saturated rings. The molecule has 0 bridgehead atoms. The van der Waals surface area contributed by atoms with E-state index < -0.39 is 0 Å². The molecule has 4 heteroatoms. The van der Waals surface area contributed by atoms with E-state index in [1.807, 2.05) is 43.3 Å². The van der Waals surface area contributed by atoms with Crippen LogP contribution in [0.15, 0.2) is 36.4 Å². The number of nitrogens with zero attached hydrogens (tertiary/aromatic N) is 1. The summed E-state index contributed by atoms with van der Waals surface area (Å²) in [5.41, 5.74) is 1.88. The van der Waals surface area contributed by atoms with Gasteiger partial charge < -0.3 is 10.2 Å². The Labute approximate surface area is 125 Å². The monoisotopic (exact) mass is 286 g/mol. The Kier molecular flexibility index (Phi) is 4.78. The van der Waals surface area contributed by atoms with E-state index in [1.54, 1.807) is 19.0 Å². The first-order chi connectivity index (χ1) is 9.99. The fraction of sp³-hybridized carbons (Fsp3) is 0.412. The lowest BCUT2D eigenvalue weighted by atomic mass is 9.81. The van der Waals surface area contributed by atoms with E-state index in [9.17, 15) is 9.59 Å². The summed E-state index contributed by atoms with van der Waals surface area (Å²) in [4.78, 5) is 26.3. The Bertz CT molecular complexity index is 564. The van der Waals surface area contributed by atoms with Gasteiger partial charge in [-0.3, -0.25) is 9.59 Å². The number of carbonyl (C=O) groups is 2. The molecule has 1 aliphatic carbocycles. The predicted molar refractivity (Wildman–Crippen MR) is 83.9 cm³/mol. The van der Waals surface area contributed by atoms with Crippen LogP contribution in [0.5, 0.6) is 0 Å². The zero-order chi connectivity index (χ0) is 15.4. The number of hydrogen-bond acceptors (Lipinski definition) is 2. The van der Waals surface area contributed by atoms with Gasteiger partial charge in [0, 0.05) is 19.8 Å². The summed E-state index contributed by atoms with van der Waals surface area (Å²) in [6, 6.07) is 7.69. The maximum absolute atomic E-state index is 12.5. The van der Waals surface area contributed by atoms with Crippen molar-refractivity contribution in [3.05, 3.63) is 42.0 Å². The second kappa shape index (κ2) is 6.57. The SMILES string of the molecule is Cc1cccc(NC(=O)C2CC=CCC2C(=O)N(C)C)c1. The fourth-order valence-electron chi connectivity index (χ4n) is 2.67. The number of hydrogen-bond donors (Lipinski definition) is 1. The molecule has 2 atom stereocenters. The van der Waals surface area contributed by atoms with Crippen LogP contribution in [0.3, 0.4) is 0 Å². The third-order valence-corrected chi connectivity index (χ3v) is 3.81. The van der Waals surface area contributed by atoms with E-state index in [2.05, 4.69) is 5.32 Å². The number of carbonyl (C=O) groups excluding carboxylic acids is 2. The highest BCUT2D eigenvalue weighted by atomic mass is 16.2. The van der Waals surface area contributed by atoms with Crippen LogP contribution in [-0.4, -0.2) is 30.8 Å². The highest BCUT2D eigenvalue weighted by Gasteiger charge is 2.34. The first kappa shape index (κ1) is 15.3. The smallest absolute Gasteiger partial charge is 0.228 e. The van der Waals surface area contributed by atoms with E-state index in [1.165, 1.54) is 0 Å². The summed E-state index contributed by atoms with van der Waals surface area (Å²) in [7, 11) is 3.46. The topological polar surface area (TPSA) is 49.4 Å². The van der Waals surface area contributed by atoms with Crippen LogP contribution >= 0.6 is 0 Å². The minimum Gasteiger partial charge on any atom is -0.349 e. The van der Waals surface area contributed by atoms with Gasteiger partial charge in [0.15, 0.2) is 0 Å². The second-order valence-corrected chi connectivity index (χ2v) is 5.75. The molecule has 1 N–H and O–H groups in total. The maximum Gasteiger partial charge on any atom is 0.228 e. The molecule has 1 aromatic carbocycles. The summed E-state index contributed by atoms with van der Waals surface area (Å²) in [5.74, 6) is -0.630. The first-order valence-corrected chi connectivity index (χ1v) is 7.22. The summed E-state index contributed by atoms with van der Waals surface area (Å²) in [6.45, 7) is 1.98. The van der Waals surface area contributed by atoms with Gasteiger partial charge in [-0.15, -0.1) is 0 Å². The third-order valence-electron chi connectivity index (χ3n) is 3.81. The molecule has 1 aliphatic rings. The van der Waals surface area contributed by atoms with Crippen molar-refractivity contribution in [2.45, 2.75) is 19.8 Å². The molecule has 0 saturated carbocycles. The van der Waals surface area contributed by atoms with Crippen molar-refractivity contribution in [1.29, 1.82) is 0 Å². The maximum atomic E-state index is 12.5. The largest absolute Gasteiger partial charge is 0.349 e. The van der Waals surface area contributed by atoms with Crippen molar-refractivity contribution in [2.24, 2.45) is 11.8 Å². The van der Waals surface area contributed by atoms with Gasteiger partial charge in [-0.25, -0.2) is 0 Å². The van der Waals surface area contributed by atoms with Crippen LogP contribution < -0.4 is 5.32 Å². The van der Waals surface area contributed by atoms with Gasteiger partial charge in [0.1, 0.15) is 0 Å². The molecule has 0 heterocycles. The molecule has 2 unspecified atom stereocenters. The van der Waals surface area contributed by atoms with Crippen LogP contribution in [0, 0.1) is 18.8 Å². The molecule has 1 aromatic rings. The second-order valence-electron chi connectivity index (χ2n) is 5.75. The third kappa shape index (κ3) is 3.72. The number of amides is 2. The van der Waals surface area contributed by atoms with Gasteiger partial charge in [0.25, 0.3) is 0 Å². The first-order valence-electron chi connectivity index (χ1n) is 7.22. The number of rotatable bonds is 3. The highest BCUT2D eigenvalue weighted by molar-refractivity contribution is 5.96. The zero-order valence-electron chi connectivity index (χ0n) is 12.8. The number of benzene rings is 1. The Morgan fingerprint density at radius 2 is 1.81 bits per heavy atom. The molecule has 0 radical (unpaired) electrons. The van der Waals surface area contributed by atoms with E-state index in [0.29, 0.717) is 12.8 Å². The molecule has 0 saturated heterocycles.